The average molecular weight is 265 g/mol. The van der Waals surface area contributed by atoms with Crippen molar-refractivity contribution in [3.05, 3.63) is 35.1 Å². The van der Waals surface area contributed by atoms with E-state index in [0.717, 1.165) is 25.8 Å². The van der Waals surface area contributed by atoms with Gasteiger partial charge in [-0.3, -0.25) is 4.79 Å². The van der Waals surface area contributed by atoms with Gasteiger partial charge in [-0.05, 0) is 50.3 Å². The van der Waals surface area contributed by atoms with Gasteiger partial charge in [-0.15, -0.1) is 0 Å². The van der Waals surface area contributed by atoms with Crippen molar-refractivity contribution in [2.75, 3.05) is 13.2 Å². The van der Waals surface area contributed by atoms with E-state index in [1.807, 2.05) is 4.90 Å². The number of rotatable bonds is 4. The van der Waals surface area contributed by atoms with Crippen LogP contribution in [-0.2, 0) is 0 Å². The second-order valence-electron chi connectivity index (χ2n) is 5.12. The Morgan fingerprint density at radius 2 is 2.32 bits per heavy atom. The molecule has 1 N–H and O–H groups in total. The van der Waals surface area contributed by atoms with E-state index in [-0.39, 0.29) is 24.4 Å². The Morgan fingerprint density at radius 1 is 1.53 bits per heavy atom. The van der Waals surface area contributed by atoms with Crippen LogP contribution in [0.1, 0.15) is 41.6 Å². The first kappa shape index (κ1) is 14.0. The number of halogens is 1. The summed E-state index contributed by atoms with van der Waals surface area (Å²) in [5, 5.41) is 8.88. The third-order valence-electron chi connectivity index (χ3n) is 3.75. The molecule has 19 heavy (non-hydrogen) atoms. The summed E-state index contributed by atoms with van der Waals surface area (Å²) in [5.74, 6) is -0.434. The molecule has 1 heterocycles. The molecule has 0 bridgehead atoms. The topological polar surface area (TPSA) is 40.5 Å². The van der Waals surface area contributed by atoms with Gasteiger partial charge in [0.15, 0.2) is 0 Å². The van der Waals surface area contributed by atoms with Gasteiger partial charge in [0.2, 0.25) is 0 Å². The molecule has 1 fully saturated rings. The average Bonchev–Trinajstić information content (AvgIpc) is 2.87. The van der Waals surface area contributed by atoms with Crippen LogP contribution in [0.25, 0.3) is 0 Å². The number of carbonyl (C=O) groups is 1. The maximum Gasteiger partial charge on any atom is 0.254 e. The Labute approximate surface area is 113 Å². The Kier molecular flexibility index (Phi) is 4.53. The minimum atomic E-state index is -0.336. The first-order chi connectivity index (χ1) is 9.13. The van der Waals surface area contributed by atoms with Crippen LogP contribution in [0.15, 0.2) is 18.2 Å². The first-order valence-electron chi connectivity index (χ1n) is 6.81. The maximum absolute atomic E-state index is 13.5. The van der Waals surface area contributed by atoms with Crippen molar-refractivity contribution in [3.8, 4) is 0 Å². The summed E-state index contributed by atoms with van der Waals surface area (Å²) in [4.78, 5) is 14.2. The van der Waals surface area contributed by atoms with Crippen molar-refractivity contribution >= 4 is 5.91 Å². The van der Waals surface area contributed by atoms with Gasteiger partial charge in [0.05, 0.1) is 0 Å². The van der Waals surface area contributed by atoms with Crippen LogP contribution in [0.3, 0.4) is 0 Å². The SMILES string of the molecule is Cc1ccc(C(=O)N2CCCC2CCCO)cc1F. The normalized spacial score (nSPS) is 18.9. The zero-order chi connectivity index (χ0) is 13.8. The summed E-state index contributed by atoms with van der Waals surface area (Å²) in [5.41, 5.74) is 0.966. The molecule has 1 unspecified atom stereocenters. The highest BCUT2D eigenvalue weighted by Gasteiger charge is 2.29. The highest BCUT2D eigenvalue weighted by molar-refractivity contribution is 5.94. The molecular weight excluding hydrogens is 245 g/mol. The molecule has 0 saturated carbocycles. The van der Waals surface area contributed by atoms with Gasteiger partial charge in [-0.25, -0.2) is 4.39 Å². The molecule has 1 aliphatic heterocycles. The number of hydrogen-bond acceptors (Lipinski definition) is 2. The van der Waals surface area contributed by atoms with E-state index in [9.17, 15) is 9.18 Å². The molecule has 0 spiro atoms. The molecule has 3 nitrogen and oxygen atoms in total. The Hall–Kier alpha value is -1.42. The van der Waals surface area contributed by atoms with Crippen molar-refractivity contribution in [1.29, 1.82) is 0 Å². The van der Waals surface area contributed by atoms with E-state index in [2.05, 4.69) is 0 Å². The molecule has 2 rings (SSSR count). The summed E-state index contributed by atoms with van der Waals surface area (Å²) in [6.07, 6.45) is 3.48. The van der Waals surface area contributed by atoms with Gasteiger partial charge >= 0.3 is 0 Å². The van der Waals surface area contributed by atoms with Crippen molar-refractivity contribution < 1.29 is 14.3 Å². The largest absolute Gasteiger partial charge is 0.396 e. The molecule has 0 radical (unpaired) electrons. The molecule has 1 amide bonds. The summed E-state index contributed by atoms with van der Waals surface area (Å²) in [6, 6.07) is 4.83. The standard InChI is InChI=1S/C15H20FNO2/c1-11-6-7-12(10-14(11)16)15(19)17-8-2-4-13(17)5-3-9-18/h6-7,10,13,18H,2-5,8-9H2,1H3. The smallest absolute Gasteiger partial charge is 0.254 e. The number of carbonyl (C=O) groups excluding carboxylic acids is 1. The fourth-order valence-electron chi connectivity index (χ4n) is 2.62. The Balaban J connectivity index is 2.11. The molecule has 0 aliphatic carbocycles. The zero-order valence-electron chi connectivity index (χ0n) is 11.2. The second kappa shape index (κ2) is 6.15. The molecule has 4 heteroatoms. The molecule has 1 aromatic rings. The molecule has 1 atom stereocenters. The van der Waals surface area contributed by atoms with E-state index in [4.69, 9.17) is 5.11 Å². The van der Waals surface area contributed by atoms with E-state index in [1.165, 1.54) is 6.07 Å². The second-order valence-corrected chi connectivity index (χ2v) is 5.12. The summed E-state index contributed by atoms with van der Waals surface area (Å²) in [6.45, 7) is 2.56. The number of likely N-dealkylation sites (tertiary alicyclic amines) is 1. The monoisotopic (exact) mass is 265 g/mol. The molecule has 1 aromatic carbocycles. The minimum absolute atomic E-state index is 0.0978. The predicted octanol–water partition coefficient (Wildman–Crippen LogP) is 2.51. The lowest BCUT2D eigenvalue weighted by Gasteiger charge is -2.24. The third-order valence-corrected chi connectivity index (χ3v) is 3.75. The number of benzene rings is 1. The molecule has 1 aliphatic rings. The maximum atomic E-state index is 13.5. The summed E-state index contributed by atoms with van der Waals surface area (Å²) in [7, 11) is 0. The van der Waals surface area contributed by atoms with Crippen LogP contribution in [0.4, 0.5) is 4.39 Å². The van der Waals surface area contributed by atoms with Crippen molar-refractivity contribution in [2.45, 2.75) is 38.6 Å². The Morgan fingerprint density at radius 3 is 3.00 bits per heavy atom. The van der Waals surface area contributed by atoms with Crippen LogP contribution < -0.4 is 0 Å². The van der Waals surface area contributed by atoms with Crippen molar-refractivity contribution in [1.82, 2.24) is 4.90 Å². The summed E-state index contributed by atoms with van der Waals surface area (Å²) >= 11 is 0. The van der Waals surface area contributed by atoms with Crippen LogP contribution >= 0.6 is 0 Å². The van der Waals surface area contributed by atoms with Gasteiger partial charge in [-0.1, -0.05) is 6.07 Å². The van der Waals surface area contributed by atoms with E-state index in [0.29, 0.717) is 17.5 Å². The number of aryl methyl sites for hydroxylation is 1. The predicted molar refractivity (Wildman–Crippen MR) is 71.5 cm³/mol. The minimum Gasteiger partial charge on any atom is -0.396 e. The molecule has 1 saturated heterocycles. The number of hydrogen-bond donors (Lipinski definition) is 1. The van der Waals surface area contributed by atoms with Gasteiger partial charge in [0.1, 0.15) is 5.82 Å². The van der Waals surface area contributed by atoms with Crippen LogP contribution in [0.5, 0.6) is 0 Å². The van der Waals surface area contributed by atoms with Crippen LogP contribution in [0.2, 0.25) is 0 Å². The lowest BCUT2D eigenvalue weighted by Crippen LogP contribution is -2.35. The lowest BCUT2D eigenvalue weighted by atomic mass is 10.1. The fraction of sp³-hybridized carbons (Fsp3) is 0.533. The quantitative estimate of drug-likeness (QED) is 0.908. The van der Waals surface area contributed by atoms with Gasteiger partial charge in [-0.2, -0.15) is 0 Å². The zero-order valence-corrected chi connectivity index (χ0v) is 11.2. The van der Waals surface area contributed by atoms with Crippen molar-refractivity contribution in [3.63, 3.8) is 0 Å². The third kappa shape index (κ3) is 3.13. The number of nitrogens with zero attached hydrogens (tertiary/aromatic N) is 1. The highest BCUT2D eigenvalue weighted by atomic mass is 19.1. The Bertz CT molecular complexity index is 461. The van der Waals surface area contributed by atoms with Crippen molar-refractivity contribution in [2.24, 2.45) is 0 Å². The number of amides is 1. The van der Waals surface area contributed by atoms with Crippen LogP contribution in [-0.4, -0.2) is 35.1 Å². The fourth-order valence-corrected chi connectivity index (χ4v) is 2.62. The molecule has 0 aromatic heterocycles. The first-order valence-corrected chi connectivity index (χ1v) is 6.81. The number of aliphatic hydroxyl groups is 1. The van der Waals surface area contributed by atoms with E-state index >= 15 is 0 Å². The van der Waals surface area contributed by atoms with Gasteiger partial charge < -0.3 is 10.0 Å². The van der Waals surface area contributed by atoms with Crippen LogP contribution in [0, 0.1) is 12.7 Å². The van der Waals surface area contributed by atoms with Gasteiger partial charge in [0, 0.05) is 24.8 Å². The van der Waals surface area contributed by atoms with Gasteiger partial charge in [0.25, 0.3) is 5.91 Å². The van der Waals surface area contributed by atoms with E-state index in [1.54, 1.807) is 19.1 Å². The van der Waals surface area contributed by atoms with E-state index < -0.39 is 0 Å². The summed E-state index contributed by atoms with van der Waals surface area (Å²) < 4.78 is 13.5. The lowest BCUT2D eigenvalue weighted by molar-refractivity contribution is 0.0724. The number of aliphatic hydroxyl groups excluding tert-OH is 1. The molecular formula is C15H20FNO2. The molecule has 104 valence electrons. The highest BCUT2D eigenvalue weighted by Crippen LogP contribution is 2.24.